The van der Waals surface area contributed by atoms with Gasteiger partial charge in [0.2, 0.25) is 0 Å². The molecule has 3 heterocycles. The summed E-state index contributed by atoms with van der Waals surface area (Å²) in [7, 11) is 1.46. The molecule has 0 aromatic heterocycles. The van der Waals surface area contributed by atoms with Crippen LogP contribution in [-0.4, -0.2) is 97.9 Å². The molecule has 0 spiro atoms. The Labute approximate surface area is 178 Å². The average molecular weight is 457 g/mol. The molecule has 3 fully saturated rings. The monoisotopic (exact) mass is 457 g/mol. The molecule has 0 radical (unpaired) electrons. The Bertz CT molecular complexity index is 515. The highest BCUT2D eigenvalue weighted by atomic mass is 32.2. The van der Waals surface area contributed by atoms with Gasteiger partial charge in [-0.2, -0.15) is 0 Å². The van der Waals surface area contributed by atoms with Gasteiger partial charge in [0.15, 0.2) is 18.6 Å². The fourth-order valence-electron chi connectivity index (χ4n) is 4.37. The quantitative estimate of drug-likeness (QED) is 0.136. The van der Waals surface area contributed by atoms with Gasteiger partial charge in [-0.1, -0.05) is 6.92 Å². The van der Waals surface area contributed by atoms with E-state index in [1.807, 2.05) is 6.92 Å². The molecule has 4 unspecified atom stereocenters. The van der Waals surface area contributed by atoms with Crippen molar-refractivity contribution in [1.82, 2.24) is 0 Å². The van der Waals surface area contributed by atoms with Crippen LogP contribution in [0.1, 0.15) is 13.3 Å². The van der Waals surface area contributed by atoms with E-state index in [-0.39, 0.29) is 31.8 Å². The van der Waals surface area contributed by atoms with Gasteiger partial charge < -0.3 is 44.3 Å². The maximum absolute atomic E-state index is 10.7. The molecule has 30 heavy (non-hydrogen) atoms. The summed E-state index contributed by atoms with van der Waals surface area (Å²) in [5.41, 5.74) is 0. The maximum atomic E-state index is 10.7. The summed E-state index contributed by atoms with van der Waals surface area (Å²) in [5.74, 6) is -0.575. The lowest BCUT2D eigenvalue weighted by Gasteiger charge is -2.43. The van der Waals surface area contributed by atoms with Gasteiger partial charge in [-0.15, -0.1) is 4.33 Å². The standard InChI is InChI=1S/C17H30O12S/c1-3-8-13(19)12(25-10(4-18)15(8)27-30-29-28-21)6-23-5-9-11-7-24-16(9)14(20)17(22-2)26-11/h8-21H,3-7H2,1-2H3/p-1/t8-,9-,10?,11?,12-,13?,14?,15+,16+,17+/m0/s1. The van der Waals surface area contributed by atoms with Crippen LogP contribution < -0.4 is 5.26 Å². The van der Waals surface area contributed by atoms with Gasteiger partial charge in [0.25, 0.3) is 0 Å². The average Bonchev–Trinajstić information content (AvgIpc) is 3.07. The van der Waals surface area contributed by atoms with Crippen molar-refractivity contribution >= 4 is 12.3 Å². The van der Waals surface area contributed by atoms with Crippen molar-refractivity contribution in [1.29, 1.82) is 0 Å². The van der Waals surface area contributed by atoms with E-state index >= 15 is 0 Å². The molecule has 2 bridgehead atoms. The van der Waals surface area contributed by atoms with Crippen molar-refractivity contribution in [3.05, 3.63) is 0 Å². The first kappa shape index (κ1) is 24.5. The first-order valence-electron chi connectivity index (χ1n) is 9.84. The van der Waals surface area contributed by atoms with E-state index in [1.54, 1.807) is 0 Å². The molecular weight excluding hydrogens is 428 g/mol. The van der Waals surface area contributed by atoms with Gasteiger partial charge in [-0.05, 0) is 6.42 Å². The minimum Gasteiger partial charge on any atom is -0.691 e. The third kappa shape index (κ3) is 5.26. The second-order valence-corrected chi connectivity index (χ2v) is 7.96. The molecule has 3 aliphatic rings. The predicted octanol–water partition coefficient (Wildman–Crippen LogP) is -1.93. The van der Waals surface area contributed by atoms with Crippen LogP contribution in [-0.2, 0) is 37.2 Å². The topological polar surface area (TPSA) is 158 Å². The lowest BCUT2D eigenvalue weighted by atomic mass is 9.84. The van der Waals surface area contributed by atoms with Crippen LogP contribution in [0.4, 0.5) is 0 Å². The number of aliphatic hydroxyl groups excluding tert-OH is 3. The molecule has 0 aromatic carbocycles. The van der Waals surface area contributed by atoms with Crippen molar-refractivity contribution in [2.24, 2.45) is 11.8 Å². The molecule has 3 saturated heterocycles. The Hall–Kier alpha value is -0.130. The number of methoxy groups -OCH3 is 1. The Morgan fingerprint density at radius 3 is 2.57 bits per heavy atom. The van der Waals surface area contributed by atoms with Crippen molar-refractivity contribution in [3.63, 3.8) is 0 Å². The highest BCUT2D eigenvalue weighted by molar-refractivity contribution is 7.89. The fraction of sp³-hybridized carbons (Fsp3) is 1.00. The summed E-state index contributed by atoms with van der Waals surface area (Å²) in [6.45, 7) is 2.14. The van der Waals surface area contributed by atoms with E-state index in [1.165, 1.54) is 7.11 Å². The van der Waals surface area contributed by atoms with Crippen molar-refractivity contribution in [3.8, 4) is 0 Å². The lowest BCUT2D eigenvalue weighted by molar-refractivity contribution is -0.777. The molecule has 12 nitrogen and oxygen atoms in total. The highest BCUT2D eigenvalue weighted by Crippen LogP contribution is 2.36. The van der Waals surface area contributed by atoms with Crippen molar-refractivity contribution in [2.75, 3.05) is 33.5 Å². The first-order valence-corrected chi connectivity index (χ1v) is 10.5. The largest absolute Gasteiger partial charge is 0.691 e. The van der Waals surface area contributed by atoms with Crippen molar-refractivity contribution < 1.29 is 57.8 Å². The van der Waals surface area contributed by atoms with Crippen LogP contribution in [0.2, 0.25) is 0 Å². The molecule has 0 aliphatic carbocycles. The molecular formula is C17H29O12S-. The number of fused-ring (bicyclic) bond motifs is 2. The van der Waals surface area contributed by atoms with Crippen LogP contribution in [0.15, 0.2) is 0 Å². The molecule has 3 aliphatic heterocycles. The Kier molecular flexibility index (Phi) is 9.52. The van der Waals surface area contributed by atoms with Crippen LogP contribution in [0.25, 0.3) is 0 Å². The van der Waals surface area contributed by atoms with Crippen LogP contribution >= 0.6 is 12.3 Å². The highest BCUT2D eigenvalue weighted by Gasteiger charge is 2.51. The number of rotatable bonds is 11. The third-order valence-corrected chi connectivity index (χ3v) is 6.33. The molecule has 0 saturated carbocycles. The molecule has 3 rings (SSSR count). The number of aliphatic hydroxyl groups is 3. The van der Waals surface area contributed by atoms with Crippen molar-refractivity contribution in [2.45, 2.75) is 62.4 Å². The second kappa shape index (κ2) is 11.7. The van der Waals surface area contributed by atoms with E-state index in [0.717, 1.165) is 0 Å². The third-order valence-electron chi connectivity index (χ3n) is 5.92. The Morgan fingerprint density at radius 2 is 1.90 bits per heavy atom. The van der Waals surface area contributed by atoms with Gasteiger partial charge in [-0.3, -0.25) is 9.22 Å². The minimum atomic E-state index is -0.935. The van der Waals surface area contributed by atoms with E-state index in [0.29, 0.717) is 25.4 Å². The summed E-state index contributed by atoms with van der Waals surface area (Å²) in [6.07, 6.45) is -4.95. The molecule has 0 amide bonds. The van der Waals surface area contributed by atoms with E-state index in [2.05, 4.69) is 9.37 Å². The Balaban J connectivity index is 1.53. The zero-order chi connectivity index (χ0) is 21.7. The summed E-state index contributed by atoms with van der Waals surface area (Å²) < 4.78 is 37.4. The van der Waals surface area contributed by atoms with Gasteiger partial charge >= 0.3 is 0 Å². The number of ether oxygens (including phenoxy) is 5. The van der Waals surface area contributed by atoms with E-state index in [9.17, 15) is 20.6 Å². The van der Waals surface area contributed by atoms with Crippen LogP contribution in [0, 0.1) is 11.8 Å². The summed E-state index contributed by atoms with van der Waals surface area (Å²) >= 11 is 0.318. The fourth-order valence-corrected chi connectivity index (χ4v) is 4.79. The zero-order valence-electron chi connectivity index (χ0n) is 16.7. The number of hydrogen-bond acceptors (Lipinski definition) is 13. The van der Waals surface area contributed by atoms with E-state index < -0.39 is 48.8 Å². The maximum Gasteiger partial charge on any atom is 0.193 e. The van der Waals surface area contributed by atoms with E-state index in [4.69, 9.17) is 27.9 Å². The lowest BCUT2D eigenvalue weighted by Crippen LogP contribution is -2.57. The van der Waals surface area contributed by atoms with Crippen LogP contribution in [0.3, 0.4) is 0 Å². The van der Waals surface area contributed by atoms with Gasteiger partial charge in [0.05, 0.1) is 44.7 Å². The summed E-state index contributed by atoms with van der Waals surface area (Å²) in [5, 5.41) is 43.8. The minimum absolute atomic E-state index is 0.0634. The normalized spacial score (nSPS) is 43.8. The predicted molar refractivity (Wildman–Crippen MR) is 95.9 cm³/mol. The molecule has 13 heteroatoms. The van der Waals surface area contributed by atoms with Gasteiger partial charge in [-0.25, -0.2) is 0 Å². The molecule has 10 atom stereocenters. The SMILES string of the molecule is CC[C@H]1C(O)[C@H](COC[C@H]2C3CO[C@H]2C(O)[C@H](OC)O3)OC(CO)[C@@H]1OSOO[O-]. The van der Waals surface area contributed by atoms with Crippen LogP contribution in [0.5, 0.6) is 0 Å². The number of hydrogen-bond donors (Lipinski definition) is 3. The summed E-state index contributed by atoms with van der Waals surface area (Å²) in [4.78, 5) is 0. The second-order valence-electron chi connectivity index (χ2n) is 7.49. The van der Waals surface area contributed by atoms with Gasteiger partial charge in [0.1, 0.15) is 24.4 Å². The smallest absolute Gasteiger partial charge is 0.193 e. The molecule has 3 N–H and O–H groups in total. The molecule has 0 aromatic rings. The van der Waals surface area contributed by atoms with Gasteiger partial charge in [0, 0.05) is 18.9 Å². The zero-order valence-corrected chi connectivity index (χ0v) is 17.5. The molecule has 176 valence electrons. The first-order chi connectivity index (χ1) is 14.5. The summed E-state index contributed by atoms with van der Waals surface area (Å²) in [6, 6.07) is 0. The Morgan fingerprint density at radius 1 is 1.10 bits per heavy atom.